The molecule has 0 fully saturated rings. The number of hydrogen-bond acceptors (Lipinski definition) is 6. The Bertz CT molecular complexity index is 857. The minimum Gasteiger partial charge on any atom is -0.444 e. The van der Waals surface area contributed by atoms with Crippen LogP contribution in [0.4, 0.5) is 4.79 Å². The summed E-state index contributed by atoms with van der Waals surface area (Å²) in [5, 5.41) is 2.59. The summed E-state index contributed by atoms with van der Waals surface area (Å²) in [6.45, 7) is 5.27. The summed E-state index contributed by atoms with van der Waals surface area (Å²) in [7, 11) is -2.48. The first-order chi connectivity index (χ1) is 12.6. The number of methoxy groups -OCH3 is 1. The fraction of sp³-hybridized carbons (Fsp3) is 0.316. The molecule has 8 heteroatoms. The molecule has 0 heterocycles. The Morgan fingerprint density at radius 3 is 2.11 bits per heavy atom. The van der Waals surface area contributed by atoms with Crippen LogP contribution in [0.5, 0.6) is 5.75 Å². The molecule has 2 aromatic rings. The third-order valence-electron chi connectivity index (χ3n) is 3.30. The Hall–Kier alpha value is -2.58. The molecule has 1 N–H and O–H groups in total. The predicted octanol–water partition coefficient (Wildman–Crippen LogP) is 3.62. The van der Waals surface area contributed by atoms with Crippen LogP contribution in [0, 0.1) is 0 Å². The minimum atomic E-state index is -3.91. The Morgan fingerprint density at radius 1 is 1.00 bits per heavy atom. The van der Waals surface area contributed by atoms with Gasteiger partial charge in [-0.1, -0.05) is 30.3 Å². The lowest BCUT2D eigenvalue weighted by atomic mass is 10.2. The summed E-state index contributed by atoms with van der Waals surface area (Å²) in [6, 6.07) is 14.0. The molecule has 1 unspecified atom stereocenters. The average molecular weight is 393 g/mol. The second-order valence-corrected chi connectivity index (χ2v) is 8.23. The molecule has 0 aromatic heterocycles. The number of carbonyl (C=O) groups is 1. The van der Waals surface area contributed by atoms with Crippen molar-refractivity contribution in [3.63, 3.8) is 0 Å². The van der Waals surface area contributed by atoms with E-state index in [1.807, 2.05) is 0 Å². The molecule has 0 radical (unpaired) electrons. The fourth-order valence-corrected chi connectivity index (χ4v) is 3.10. The van der Waals surface area contributed by atoms with Gasteiger partial charge in [0.15, 0.2) is 6.23 Å². The number of carbonyl (C=O) groups excluding carboxylic acids is 1. The topological polar surface area (TPSA) is 90.9 Å². The Balaban J connectivity index is 2.08. The van der Waals surface area contributed by atoms with E-state index in [1.165, 1.54) is 31.4 Å². The highest BCUT2D eigenvalue weighted by atomic mass is 32.2. The van der Waals surface area contributed by atoms with Crippen LogP contribution in [0.15, 0.2) is 59.5 Å². The second-order valence-electron chi connectivity index (χ2n) is 6.68. The molecule has 0 saturated carbocycles. The van der Waals surface area contributed by atoms with Crippen LogP contribution >= 0.6 is 0 Å². The summed E-state index contributed by atoms with van der Waals surface area (Å²) < 4.78 is 40.0. The van der Waals surface area contributed by atoms with Crippen molar-refractivity contribution in [3.8, 4) is 5.75 Å². The van der Waals surface area contributed by atoms with Crippen molar-refractivity contribution >= 4 is 16.2 Å². The number of benzene rings is 2. The van der Waals surface area contributed by atoms with Gasteiger partial charge in [-0.3, -0.25) is 5.32 Å². The quantitative estimate of drug-likeness (QED) is 0.595. The lowest BCUT2D eigenvalue weighted by Gasteiger charge is -2.23. The molecule has 0 saturated heterocycles. The van der Waals surface area contributed by atoms with Crippen LogP contribution in [0.25, 0.3) is 0 Å². The molecule has 146 valence electrons. The van der Waals surface area contributed by atoms with Crippen LogP contribution in [0.2, 0.25) is 0 Å². The third-order valence-corrected chi connectivity index (χ3v) is 4.57. The molecule has 0 spiro atoms. The molecule has 1 atom stereocenters. The summed E-state index contributed by atoms with van der Waals surface area (Å²) >= 11 is 0. The number of nitrogens with one attached hydrogen (secondary N) is 1. The van der Waals surface area contributed by atoms with Gasteiger partial charge in [-0.2, -0.15) is 8.42 Å². The summed E-state index contributed by atoms with van der Waals surface area (Å²) in [5.41, 5.74) is -0.0286. The maximum absolute atomic E-state index is 12.2. The highest BCUT2D eigenvalue weighted by Gasteiger charge is 2.21. The van der Waals surface area contributed by atoms with Crippen LogP contribution in [0.3, 0.4) is 0 Å². The molecular formula is C19H23NO6S. The van der Waals surface area contributed by atoms with E-state index in [0.717, 1.165) is 0 Å². The van der Waals surface area contributed by atoms with Gasteiger partial charge in [-0.25, -0.2) is 4.79 Å². The van der Waals surface area contributed by atoms with Crippen molar-refractivity contribution in [3.05, 3.63) is 60.2 Å². The summed E-state index contributed by atoms with van der Waals surface area (Å²) in [5.74, 6) is 0.148. The number of alkyl carbamates (subject to hydrolysis) is 1. The van der Waals surface area contributed by atoms with Gasteiger partial charge in [0, 0.05) is 12.7 Å². The average Bonchev–Trinajstić information content (AvgIpc) is 2.59. The van der Waals surface area contributed by atoms with E-state index in [0.29, 0.717) is 5.56 Å². The van der Waals surface area contributed by atoms with E-state index in [4.69, 9.17) is 13.7 Å². The summed E-state index contributed by atoms with van der Waals surface area (Å²) in [6.07, 6.45) is -1.37. The molecule has 0 aliphatic carbocycles. The van der Waals surface area contributed by atoms with E-state index >= 15 is 0 Å². The smallest absolute Gasteiger partial charge is 0.409 e. The Morgan fingerprint density at radius 2 is 1.59 bits per heavy atom. The molecule has 2 aromatic carbocycles. The lowest BCUT2D eigenvalue weighted by Crippen LogP contribution is -2.35. The van der Waals surface area contributed by atoms with E-state index in [1.54, 1.807) is 51.1 Å². The zero-order valence-corrected chi connectivity index (χ0v) is 16.4. The van der Waals surface area contributed by atoms with Gasteiger partial charge in [-0.05, 0) is 45.0 Å². The summed E-state index contributed by atoms with van der Waals surface area (Å²) in [4.78, 5) is 12.0. The normalized spacial score (nSPS) is 12.9. The SMILES string of the molecule is COC(NC(=O)OC(C)(C)C)c1ccc(OS(=O)(=O)c2ccccc2)cc1. The van der Waals surface area contributed by atoms with Gasteiger partial charge in [0.2, 0.25) is 0 Å². The van der Waals surface area contributed by atoms with Crippen molar-refractivity contribution in [2.24, 2.45) is 0 Å². The zero-order chi connectivity index (χ0) is 20.1. The molecule has 1 amide bonds. The first-order valence-corrected chi connectivity index (χ1v) is 9.63. The molecule has 0 aliphatic heterocycles. The largest absolute Gasteiger partial charge is 0.444 e. The van der Waals surface area contributed by atoms with Gasteiger partial charge in [0.1, 0.15) is 16.2 Å². The molecule has 27 heavy (non-hydrogen) atoms. The number of rotatable bonds is 6. The molecule has 0 aliphatic rings. The second kappa shape index (κ2) is 8.41. The van der Waals surface area contributed by atoms with Crippen molar-refractivity contribution in [2.75, 3.05) is 7.11 Å². The van der Waals surface area contributed by atoms with E-state index in [9.17, 15) is 13.2 Å². The minimum absolute atomic E-state index is 0.0652. The van der Waals surface area contributed by atoms with Crippen LogP contribution in [-0.4, -0.2) is 27.2 Å². The highest BCUT2D eigenvalue weighted by molar-refractivity contribution is 7.87. The lowest BCUT2D eigenvalue weighted by molar-refractivity contribution is 0.0231. The Labute approximate surface area is 159 Å². The monoisotopic (exact) mass is 393 g/mol. The standard InChI is InChI=1S/C19H23NO6S/c1-19(2,3)25-18(21)20-17(24-4)14-10-12-15(13-11-14)26-27(22,23)16-8-6-5-7-9-16/h5-13,17H,1-4H3,(H,20,21). The van der Waals surface area contributed by atoms with Gasteiger partial charge in [0.25, 0.3) is 0 Å². The fourth-order valence-electron chi connectivity index (χ4n) is 2.15. The highest BCUT2D eigenvalue weighted by Crippen LogP contribution is 2.22. The van der Waals surface area contributed by atoms with Gasteiger partial charge in [0.05, 0.1) is 0 Å². The van der Waals surface area contributed by atoms with E-state index < -0.39 is 28.0 Å². The first kappa shape index (κ1) is 20.7. The van der Waals surface area contributed by atoms with Crippen molar-refractivity contribution in [1.82, 2.24) is 5.32 Å². The number of hydrogen-bond donors (Lipinski definition) is 1. The van der Waals surface area contributed by atoms with Crippen molar-refractivity contribution < 1.29 is 26.9 Å². The first-order valence-electron chi connectivity index (χ1n) is 8.22. The van der Waals surface area contributed by atoms with E-state index in [2.05, 4.69) is 5.32 Å². The van der Waals surface area contributed by atoms with Gasteiger partial charge >= 0.3 is 16.2 Å². The maximum Gasteiger partial charge on any atom is 0.409 e. The molecule has 7 nitrogen and oxygen atoms in total. The van der Waals surface area contributed by atoms with Crippen molar-refractivity contribution in [1.29, 1.82) is 0 Å². The van der Waals surface area contributed by atoms with Crippen LogP contribution in [-0.2, 0) is 19.6 Å². The van der Waals surface area contributed by atoms with Crippen molar-refractivity contribution in [2.45, 2.75) is 37.5 Å². The van der Waals surface area contributed by atoms with Gasteiger partial charge < -0.3 is 13.7 Å². The van der Waals surface area contributed by atoms with Crippen LogP contribution in [0.1, 0.15) is 32.6 Å². The van der Waals surface area contributed by atoms with E-state index in [-0.39, 0.29) is 10.6 Å². The molecular weight excluding hydrogens is 370 g/mol. The zero-order valence-electron chi connectivity index (χ0n) is 15.6. The van der Waals surface area contributed by atoms with Crippen LogP contribution < -0.4 is 9.50 Å². The van der Waals surface area contributed by atoms with Gasteiger partial charge in [-0.15, -0.1) is 0 Å². The maximum atomic E-state index is 12.2. The molecule has 0 bridgehead atoms. The molecule has 2 rings (SSSR count). The predicted molar refractivity (Wildman–Crippen MR) is 99.8 cm³/mol. The number of amides is 1. The number of ether oxygens (including phenoxy) is 2. The Kier molecular flexibility index (Phi) is 6.45. The third kappa shape index (κ3) is 6.26.